The summed E-state index contributed by atoms with van der Waals surface area (Å²) < 4.78 is 42.3. The predicted molar refractivity (Wildman–Crippen MR) is 124 cm³/mol. The second kappa shape index (κ2) is 8.68. The van der Waals surface area contributed by atoms with Crippen LogP contribution in [0.25, 0.3) is 11.1 Å². The summed E-state index contributed by atoms with van der Waals surface area (Å²) in [6.45, 7) is 0.284. The monoisotopic (exact) mass is 467 g/mol. The van der Waals surface area contributed by atoms with Crippen molar-refractivity contribution in [3.05, 3.63) is 83.7 Å². The largest absolute Gasteiger partial charge is 0.394 e. The Morgan fingerprint density at radius 3 is 2.62 bits per heavy atom. The van der Waals surface area contributed by atoms with E-state index < -0.39 is 23.7 Å². The molecule has 5 rings (SSSR count). The molecular weight excluding hydrogens is 443 g/mol. The maximum atomic E-state index is 14.5. The Hall–Kier alpha value is -3.52. The van der Waals surface area contributed by atoms with Gasteiger partial charge in [0.15, 0.2) is 0 Å². The molecule has 34 heavy (non-hydrogen) atoms. The summed E-state index contributed by atoms with van der Waals surface area (Å²) in [7, 11) is 1.89. The van der Waals surface area contributed by atoms with Crippen molar-refractivity contribution in [3.63, 3.8) is 0 Å². The molecule has 0 aromatic heterocycles. The van der Waals surface area contributed by atoms with E-state index in [0.717, 1.165) is 29.4 Å². The van der Waals surface area contributed by atoms with Crippen LogP contribution < -0.4 is 10.2 Å². The van der Waals surface area contributed by atoms with E-state index >= 15 is 0 Å². The number of aliphatic hydroxyl groups excluding tert-OH is 1. The molecule has 0 spiro atoms. The van der Waals surface area contributed by atoms with Crippen molar-refractivity contribution in [3.8, 4) is 11.1 Å². The van der Waals surface area contributed by atoms with Gasteiger partial charge in [-0.15, -0.1) is 0 Å². The van der Waals surface area contributed by atoms with E-state index in [-0.39, 0.29) is 30.1 Å². The van der Waals surface area contributed by atoms with E-state index in [1.807, 2.05) is 30.1 Å². The zero-order valence-electron chi connectivity index (χ0n) is 18.5. The molecule has 2 amide bonds. The van der Waals surface area contributed by atoms with Gasteiger partial charge in [0.05, 0.1) is 24.4 Å². The Balaban J connectivity index is 1.55. The van der Waals surface area contributed by atoms with Crippen molar-refractivity contribution in [1.29, 1.82) is 0 Å². The van der Waals surface area contributed by atoms with E-state index in [0.29, 0.717) is 24.1 Å². The van der Waals surface area contributed by atoms with Crippen LogP contribution in [0.1, 0.15) is 18.0 Å². The smallest absolute Gasteiger partial charge is 0.322 e. The number of likely N-dealkylation sites (N-methyl/N-ethyl adjacent to an activating group) is 1. The number of urea groups is 1. The topological polar surface area (TPSA) is 55.8 Å². The standard InChI is InChI=1S/C26H24F3N3O2/c1-31-23-9-6-15(17-4-2-3-5-20(17)28)12-19(23)25-18(24(31)14-33)10-11-32(25)26(34)30-22-13-16(27)7-8-21(22)29/h2-9,12-13,18,24-25,33H,10-11,14H2,1H3,(H,30,34)/t18-,24-,25-/m1/s1. The Kier molecular flexibility index (Phi) is 5.69. The van der Waals surface area contributed by atoms with Crippen molar-refractivity contribution in [2.45, 2.75) is 18.5 Å². The van der Waals surface area contributed by atoms with E-state index in [2.05, 4.69) is 5.32 Å². The van der Waals surface area contributed by atoms with Crippen molar-refractivity contribution >= 4 is 17.4 Å². The number of likely N-dealkylation sites (tertiary alicyclic amines) is 1. The molecule has 8 heteroatoms. The van der Waals surface area contributed by atoms with Crippen LogP contribution in [0.15, 0.2) is 60.7 Å². The highest BCUT2D eigenvalue weighted by atomic mass is 19.1. The molecule has 3 aromatic rings. The van der Waals surface area contributed by atoms with Gasteiger partial charge in [-0.1, -0.05) is 24.3 Å². The first-order valence-electron chi connectivity index (χ1n) is 11.1. The predicted octanol–water partition coefficient (Wildman–Crippen LogP) is 5.18. The molecule has 176 valence electrons. The summed E-state index contributed by atoms with van der Waals surface area (Å²) in [5, 5.41) is 12.6. The molecule has 1 saturated heterocycles. The summed E-state index contributed by atoms with van der Waals surface area (Å²) in [5.74, 6) is -1.82. The lowest BCUT2D eigenvalue weighted by molar-refractivity contribution is 0.168. The molecule has 2 aliphatic rings. The number of anilines is 2. The van der Waals surface area contributed by atoms with Gasteiger partial charge in [-0.25, -0.2) is 18.0 Å². The van der Waals surface area contributed by atoms with Gasteiger partial charge in [0.1, 0.15) is 17.5 Å². The molecule has 2 N–H and O–H groups in total. The number of aliphatic hydroxyl groups is 1. The summed E-state index contributed by atoms with van der Waals surface area (Å²) in [4.78, 5) is 16.8. The first-order chi connectivity index (χ1) is 16.4. The van der Waals surface area contributed by atoms with Crippen LogP contribution >= 0.6 is 0 Å². The van der Waals surface area contributed by atoms with Crippen LogP contribution in [0.5, 0.6) is 0 Å². The molecule has 0 aliphatic carbocycles. The van der Waals surface area contributed by atoms with Crippen LogP contribution in [0.4, 0.5) is 29.3 Å². The average Bonchev–Trinajstić information content (AvgIpc) is 3.27. The summed E-state index contributed by atoms with van der Waals surface area (Å²) in [6.07, 6.45) is 0.628. The molecule has 2 aliphatic heterocycles. The van der Waals surface area contributed by atoms with Crippen LogP contribution in [0.2, 0.25) is 0 Å². The van der Waals surface area contributed by atoms with Gasteiger partial charge in [0.2, 0.25) is 0 Å². The minimum Gasteiger partial charge on any atom is -0.394 e. The highest BCUT2D eigenvalue weighted by molar-refractivity contribution is 5.90. The number of amides is 2. The van der Waals surface area contributed by atoms with Crippen molar-refractivity contribution in [2.24, 2.45) is 5.92 Å². The Bertz CT molecular complexity index is 1250. The van der Waals surface area contributed by atoms with Gasteiger partial charge in [-0.05, 0) is 47.9 Å². The number of hydrogen-bond donors (Lipinski definition) is 2. The molecule has 3 aromatic carbocycles. The number of halogens is 3. The lowest BCUT2D eigenvalue weighted by atomic mass is 9.81. The maximum absolute atomic E-state index is 14.5. The van der Waals surface area contributed by atoms with Gasteiger partial charge in [0, 0.05) is 36.8 Å². The second-order valence-corrected chi connectivity index (χ2v) is 8.76. The van der Waals surface area contributed by atoms with E-state index in [1.165, 1.54) is 6.07 Å². The van der Waals surface area contributed by atoms with Crippen LogP contribution in [0, 0.1) is 23.4 Å². The summed E-state index contributed by atoms with van der Waals surface area (Å²) in [6, 6.07) is 13.8. The number of carbonyl (C=O) groups excluding carboxylic acids is 1. The second-order valence-electron chi connectivity index (χ2n) is 8.76. The third-order valence-corrected chi connectivity index (χ3v) is 6.97. The van der Waals surface area contributed by atoms with Crippen molar-refractivity contribution in [1.82, 2.24) is 4.90 Å². The SMILES string of the molecule is CN1c2ccc(-c3ccccc3F)cc2[C@H]2[C@H](CCN2C(=O)Nc2cc(F)ccc2F)[C@H]1CO. The fraction of sp³-hybridized carbons (Fsp3) is 0.269. The molecule has 0 radical (unpaired) electrons. The Morgan fingerprint density at radius 1 is 1.06 bits per heavy atom. The fourth-order valence-electron chi connectivity index (χ4n) is 5.32. The molecule has 1 fully saturated rings. The van der Waals surface area contributed by atoms with Crippen LogP contribution in [-0.4, -0.2) is 42.3 Å². The molecule has 0 bridgehead atoms. The number of carbonyl (C=O) groups is 1. The van der Waals surface area contributed by atoms with E-state index in [9.17, 15) is 23.1 Å². The van der Waals surface area contributed by atoms with Gasteiger partial charge in [-0.2, -0.15) is 0 Å². The summed E-state index contributed by atoms with van der Waals surface area (Å²) in [5.41, 5.74) is 2.54. The van der Waals surface area contributed by atoms with Crippen molar-refractivity contribution in [2.75, 3.05) is 30.4 Å². The number of nitrogens with zero attached hydrogens (tertiary/aromatic N) is 2. The molecule has 0 saturated carbocycles. The first kappa shape index (κ1) is 22.3. The normalized spacial score (nSPS) is 21.3. The van der Waals surface area contributed by atoms with Crippen molar-refractivity contribution < 1.29 is 23.1 Å². The van der Waals surface area contributed by atoms with Gasteiger partial charge < -0.3 is 20.2 Å². The van der Waals surface area contributed by atoms with Crippen LogP contribution in [-0.2, 0) is 0 Å². The minimum absolute atomic E-state index is 0.0820. The minimum atomic E-state index is -0.732. The van der Waals surface area contributed by atoms with Gasteiger partial charge >= 0.3 is 6.03 Å². The van der Waals surface area contributed by atoms with Gasteiger partial charge in [-0.3, -0.25) is 0 Å². The lowest BCUT2D eigenvalue weighted by Gasteiger charge is -2.44. The number of fused-ring (bicyclic) bond motifs is 3. The molecule has 0 unspecified atom stereocenters. The number of benzene rings is 3. The molecule has 2 heterocycles. The zero-order chi connectivity index (χ0) is 24.0. The van der Waals surface area contributed by atoms with Gasteiger partial charge in [0.25, 0.3) is 0 Å². The fourth-order valence-corrected chi connectivity index (χ4v) is 5.32. The first-order valence-corrected chi connectivity index (χ1v) is 11.1. The Labute approximate surface area is 195 Å². The number of nitrogens with one attached hydrogen (secondary N) is 1. The third kappa shape index (κ3) is 3.68. The molecular formula is C26H24F3N3O2. The molecule has 3 atom stereocenters. The van der Waals surface area contributed by atoms with E-state index in [1.54, 1.807) is 23.1 Å². The quantitative estimate of drug-likeness (QED) is 0.558. The van der Waals surface area contributed by atoms with E-state index in [4.69, 9.17) is 0 Å². The average molecular weight is 467 g/mol. The summed E-state index contributed by atoms with van der Waals surface area (Å²) >= 11 is 0. The molecule has 5 nitrogen and oxygen atoms in total. The number of hydrogen-bond acceptors (Lipinski definition) is 3. The highest BCUT2D eigenvalue weighted by Crippen LogP contribution is 2.49. The van der Waals surface area contributed by atoms with Crippen LogP contribution in [0.3, 0.4) is 0 Å². The Morgan fingerprint density at radius 2 is 1.85 bits per heavy atom. The maximum Gasteiger partial charge on any atom is 0.322 e. The number of rotatable bonds is 3. The third-order valence-electron chi connectivity index (χ3n) is 6.97. The lowest BCUT2D eigenvalue weighted by Crippen LogP contribution is -2.48. The highest BCUT2D eigenvalue weighted by Gasteiger charge is 2.47. The zero-order valence-corrected chi connectivity index (χ0v) is 18.5.